The molecule has 1 rings (SSSR count). The van der Waals surface area contributed by atoms with E-state index in [1.807, 2.05) is 13.8 Å². The van der Waals surface area contributed by atoms with Gasteiger partial charge in [0.15, 0.2) is 5.96 Å². The van der Waals surface area contributed by atoms with E-state index in [0.717, 1.165) is 36.9 Å². The molecular formula is C16H31N5O. The molecule has 22 heavy (non-hydrogen) atoms. The van der Waals surface area contributed by atoms with Crippen molar-refractivity contribution >= 4 is 5.96 Å². The smallest absolute Gasteiger partial charge is 0.214 e. The van der Waals surface area contributed by atoms with E-state index in [4.69, 9.17) is 4.42 Å². The summed E-state index contributed by atoms with van der Waals surface area (Å²) in [5.74, 6) is 2.34. The van der Waals surface area contributed by atoms with Gasteiger partial charge in [-0.3, -0.25) is 4.99 Å². The second-order valence-electron chi connectivity index (χ2n) is 5.88. The van der Waals surface area contributed by atoms with Crippen molar-refractivity contribution < 1.29 is 4.42 Å². The molecule has 0 radical (unpaired) electrons. The molecule has 1 heterocycles. The van der Waals surface area contributed by atoms with E-state index in [1.54, 1.807) is 7.05 Å². The Kier molecular flexibility index (Phi) is 7.95. The van der Waals surface area contributed by atoms with Gasteiger partial charge in [0.05, 0.1) is 12.2 Å². The molecule has 0 aliphatic carbocycles. The van der Waals surface area contributed by atoms with Gasteiger partial charge in [0, 0.05) is 19.6 Å². The lowest BCUT2D eigenvalue weighted by molar-refractivity contribution is 0.268. The molecule has 0 aliphatic heterocycles. The van der Waals surface area contributed by atoms with Gasteiger partial charge < -0.3 is 20.0 Å². The van der Waals surface area contributed by atoms with Crippen molar-refractivity contribution in [2.45, 2.75) is 53.1 Å². The van der Waals surface area contributed by atoms with Gasteiger partial charge in [-0.05, 0) is 54.1 Å². The third-order valence-corrected chi connectivity index (χ3v) is 3.82. The standard InChI is InChI=1S/C16H31N5O/c1-12(2)21(6)10-8-7-9-18-16(17-5)19-11-15-20-13(3)14(4)22-15/h12H,7-11H2,1-6H3,(H2,17,18,19). The zero-order valence-electron chi connectivity index (χ0n) is 14.9. The molecule has 126 valence electrons. The Morgan fingerprint density at radius 3 is 2.55 bits per heavy atom. The molecule has 0 spiro atoms. The van der Waals surface area contributed by atoms with Gasteiger partial charge in [0.25, 0.3) is 0 Å². The van der Waals surface area contributed by atoms with Gasteiger partial charge in [-0.1, -0.05) is 0 Å². The summed E-state index contributed by atoms with van der Waals surface area (Å²) in [6.45, 7) is 10.9. The Balaban J connectivity index is 2.20. The van der Waals surface area contributed by atoms with Crippen LogP contribution in [0.3, 0.4) is 0 Å². The molecule has 0 aliphatic rings. The van der Waals surface area contributed by atoms with E-state index in [9.17, 15) is 0 Å². The maximum Gasteiger partial charge on any atom is 0.214 e. The molecule has 0 saturated carbocycles. The van der Waals surface area contributed by atoms with Gasteiger partial charge in [-0.25, -0.2) is 4.98 Å². The minimum Gasteiger partial charge on any atom is -0.444 e. The molecule has 0 fully saturated rings. The number of hydrogen-bond acceptors (Lipinski definition) is 4. The van der Waals surface area contributed by atoms with Crippen molar-refractivity contribution in [1.29, 1.82) is 0 Å². The Morgan fingerprint density at radius 1 is 1.27 bits per heavy atom. The number of hydrogen-bond donors (Lipinski definition) is 2. The second-order valence-corrected chi connectivity index (χ2v) is 5.88. The summed E-state index contributed by atoms with van der Waals surface area (Å²) < 4.78 is 5.54. The molecule has 6 nitrogen and oxygen atoms in total. The van der Waals surface area contributed by atoms with Crippen molar-refractivity contribution in [2.24, 2.45) is 4.99 Å². The number of nitrogens with one attached hydrogen (secondary N) is 2. The molecule has 0 bridgehead atoms. The third-order valence-electron chi connectivity index (χ3n) is 3.82. The van der Waals surface area contributed by atoms with Crippen molar-refractivity contribution in [1.82, 2.24) is 20.5 Å². The number of nitrogens with zero attached hydrogens (tertiary/aromatic N) is 3. The highest BCUT2D eigenvalue weighted by Gasteiger charge is 2.06. The molecule has 2 N–H and O–H groups in total. The first-order valence-electron chi connectivity index (χ1n) is 8.01. The largest absolute Gasteiger partial charge is 0.444 e. The van der Waals surface area contributed by atoms with Crippen molar-refractivity contribution in [3.05, 3.63) is 17.3 Å². The SMILES string of the molecule is CN=C(NCCCCN(C)C(C)C)NCc1nc(C)c(C)o1. The molecule has 6 heteroatoms. The van der Waals surface area contributed by atoms with Crippen LogP contribution in [0, 0.1) is 13.8 Å². The molecular weight excluding hydrogens is 278 g/mol. The van der Waals surface area contributed by atoms with Gasteiger partial charge in [0.2, 0.25) is 5.89 Å². The molecule has 1 aromatic rings. The van der Waals surface area contributed by atoms with Crippen LogP contribution in [-0.4, -0.2) is 49.1 Å². The normalized spacial score (nSPS) is 12.3. The topological polar surface area (TPSA) is 65.7 Å². The quantitative estimate of drug-likeness (QED) is 0.437. The zero-order chi connectivity index (χ0) is 16.5. The molecule has 0 unspecified atom stereocenters. The second kappa shape index (κ2) is 9.46. The van der Waals surface area contributed by atoms with E-state index in [1.165, 1.54) is 6.42 Å². The van der Waals surface area contributed by atoms with Crippen LogP contribution in [0.4, 0.5) is 0 Å². The number of aromatic nitrogens is 1. The summed E-state index contributed by atoms with van der Waals surface area (Å²) in [7, 11) is 3.94. The molecule has 0 aromatic carbocycles. The monoisotopic (exact) mass is 309 g/mol. The summed E-state index contributed by atoms with van der Waals surface area (Å²) in [6, 6.07) is 0.607. The highest BCUT2D eigenvalue weighted by Crippen LogP contribution is 2.07. The number of unbranched alkanes of at least 4 members (excludes halogenated alkanes) is 1. The summed E-state index contributed by atoms with van der Waals surface area (Å²) in [5, 5.41) is 6.53. The molecule has 1 aromatic heterocycles. The first-order valence-corrected chi connectivity index (χ1v) is 8.01. The van der Waals surface area contributed by atoms with Crippen LogP contribution in [0.2, 0.25) is 0 Å². The van der Waals surface area contributed by atoms with Crippen molar-refractivity contribution in [3.63, 3.8) is 0 Å². The van der Waals surface area contributed by atoms with Crippen LogP contribution < -0.4 is 10.6 Å². The van der Waals surface area contributed by atoms with Crippen LogP contribution in [0.5, 0.6) is 0 Å². The zero-order valence-corrected chi connectivity index (χ0v) is 14.9. The summed E-state index contributed by atoms with van der Waals surface area (Å²) in [5.41, 5.74) is 0.939. The average Bonchev–Trinajstić information content (AvgIpc) is 2.80. The predicted molar refractivity (Wildman–Crippen MR) is 91.2 cm³/mol. The third kappa shape index (κ3) is 6.47. The number of oxazole rings is 1. The number of guanidine groups is 1. The highest BCUT2D eigenvalue weighted by molar-refractivity contribution is 5.79. The Bertz CT molecular complexity index is 448. The van der Waals surface area contributed by atoms with Gasteiger partial charge in [-0.15, -0.1) is 0 Å². The van der Waals surface area contributed by atoms with Gasteiger partial charge in [0.1, 0.15) is 5.76 Å². The number of aliphatic imine (C=N–C) groups is 1. The predicted octanol–water partition coefficient (Wildman–Crippen LogP) is 2.08. The summed E-state index contributed by atoms with van der Waals surface area (Å²) in [6.07, 6.45) is 2.30. The lowest BCUT2D eigenvalue weighted by Crippen LogP contribution is -2.37. The first kappa shape index (κ1) is 18.5. The fourth-order valence-electron chi connectivity index (χ4n) is 1.95. The lowest BCUT2D eigenvalue weighted by atomic mass is 10.2. The van der Waals surface area contributed by atoms with Crippen LogP contribution in [0.15, 0.2) is 9.41 Å². The highest BCUT2D eigenvalue weighted by atomic mass is 16.4. The van der Waals surface area contributed by atoms with E-state index in [-0.39, 0.29) is 0 Å². The minimum atomic E-state index is 0.546. The number of rotatable bonds is 8. The lowest BCUT2D eigenvalue weighted by Gasteiger charge is -2.20. The van der Waals surface area contributed by atoms with Gasteiger partial charge >= 0.3 is 0 Å². The summed E-state index contributed by atoms with van der Waals surface area (Å²) >= 11 is 0. The van der Waals surface area contributed by atoms with E-state index < -0.39 is 0 Å². The Morgan fingerprint density at radius 2 is 2.00 bits per heavy atom. The molecule has 0 atom stereocenters. The fourth-order valence-corrected chi connectivity index (χ4v) is 1.95. The van der Waals surface area contributed by atoms with Crippen LogP contribution in [0.25, 0.3) is 0 Å². The Labute approximate surface area is 134 Å². The van der Waals surface area contributed by atoms with E-state index >= 15 is 0 Å². The molecule has 0 saturated heterocycles. The minimum absolute atomic E-state index is 0.546. The fraction of sp³-hybridized carbons (Fsp3) is 0.750. The maximum absolute atomic E-state index is 5.54. The maximum atomic E-state index is 5.54. The van der Waals surface area contributed by atoms with E-state index in [2.05, 4.69) is 46.4 Å². The Hall–Kier alpha value is -1.56. The molecule has 0 amide bonds. The summed E-state index contributed by atoms with van der Waals surface area (Å²) in [4.78, 5) is 10.9. The van der Waals surface area contributed by atoms with Crippen LogP contribution >= 0.6 is 0 Å². The number of aryl methyl sites for hydroxylation is 2. The first-order chi connectivity index (χ1) is 10.4. The van der Waals surface area contributed by atoms with Crippen molar-refractivity contribution in [2.75, 3.05) is 27.2 Å². The van der Waals surface area contributed by atoms with Crippen molar-refractivity contribution in [3.8, 4) is 0 Å². The van der Waals surface area contributed by atoms with Crippen LogP contribution in [-0.2, 0) is 6.54 Å². The van der Waals surface area contributed by atoms with Crippen LogP contribution in [0.1, 0.15) is 44.0 Å². The van der Waals surface area contributed by atoms with E-state index in [0.29, 0.717) is 18.5 Å². The van der Waals surface area contributed by atoms with Gasteiger partial charge in [-0.2, -0.15) is 0 Å². The average molecular weight is 309 g/mol.